The summed E-state index contributed by atoms with van der Waals surface area (Å²) in [6, 6.07) is 0. The minimum atomic E-state index is -0.174. The second kappa shape index (κ2) is 7.28. The van der Waals surface area contributed by atoms with E-state index in [4.69, 9.17) is 0 Å². The predicted octanol–water partition coefficient (Wildman–Crippen LogP) is 0.514. The summed E-state index contributed by atoms with van der Waals surface area (Å²) < 4.78 is 1.66. The monoisotopic (exact) mass is 324 g/mol. The lowest BCUT2D eigenvalue weighted by molar-refractivity contribution is -0.124. The average Bonchev–Trinajstić information content (AvgIpc) is 2.47. The number of carbonyl (C=O) groups is 1. The molecule has 0 spiro atoms. The Labute approximate surface area is 135 Å². The Hall–Kier alpha value is -1.34. The summed E-state index contributed by atoms with van der Waals surface area (Å²) in [4.78, 5) is 31.3. The van der Waals surface area contributed by atoms with E-state index in [2.05, 4.69) is 10.3 Å². The molecule has 6 nitrogen and oxygen atoms in total. The van der Waals surface area contributed by atoms with Crippen molar-refractivity contribution < 1.29 is 4.79 Å². The standard InChI is InChI=1S/C15H24N4O2S/c1-5-12-10(2)17-15-19(14(12)21)8-11(9-22-15)13(20)16-6-7-18(3)4/h11H,5-9H2,1-4H3,(H,16,20). The molecule has 1 aliphatic heterocycles. The molecule has 1 unspecified atom stereocenters. The van der Waals surface area contributed by atoms with Gasteiger partial charge in [-0.3, -0.25) is 14.2 Å². The summed E-state index contributed by atoms with van der Waals surface area (Å²) in [6.07, 6.45) is 0.669. The second-order valence-corrected chi connectivity index (χ2v) is 6.82. The first kappa shape index (κ1) is 17.0. The highest BCUT2D eigenvalue weighted by Gasteiger charge is 2.27. The number of aryl methyl sites for hydroxylation is 1. The Morgan fingerprint density at radius 2 is 2.23 bits per heavy atom. The van der Waals surface area contributed by atoms with Crippen molar-refractivity contribution in [1.29, 1.82) is 0 Å². The summed E-state index contributed by atoms with van der Waals surface area (Å²) in [7, 11) is 3.94. The van der Waals surface area contributed by atoms with Crippen LogP contribution in [0.15, 0.2) is 9.95 Å². The lowest BCUT2D eigenvalue weighted by atomic mass is 10.1. The summed E-state index contributed by atoms with van der Waals surface area (Å²) >= 11 is 1.49. The van der Waals surface area contributed by atoms with Gasteiger partial charge in [0.25, 0.3) is 5.56 Å². The van der Waals surface area contributed by atoms with Gasteiger partial charge < -0.3 is 10.2 Å². The molecule has 22 heavy (non-hydrogen) atoms. The molecule has 0 bridgehead atoms. The maximum atomic E-state index is 12.5. The minimum absolute atomic E-state index is 0.00305. The molecule has 7 heteroatoms. The van der Waals surface area contributed by atoms with E-state index in [0.717, 1.165) is 23.0 Å². The van der Waals surface area contributed by atoms with Crippen LogP contribution >= 0.6 is 11.8 Å². The van der Waals surface area contributed by atoms with Gasteiger partial charge >= 0.3 is 0 Å². The fourth-order valence-electron chi connectivity index (χ4n) is 2.51. The molecular formula is C15H24N4O2S. The number of hydrogen-bond acceptors (Lipinski definition) is 5. The molecule has 2 heterocycles. The zero-order valence-corrected chi connectivity index (χ0v) is 14.5. The Balaban J connectivity index is 2.11. The highest BCUT2D eigenvalue weighted by molar-refractivity contribution is 7.99. The summed E-state index contributed by atoms with van der Waals surface area (Å²) in [5, 5.41) is 3.68. The fourth-order valence-corrected chi connectivity index (χ4v) is 3.63. The third kappa shape index (κ3) is 3.70. The first-order chi connectivity index (χ1) is 10.4. The van der Waals surface area contributed by atoms with Crippen molar-refractivity contribution in [3.8, 4) is 0 Å². The van der Waals surface area contributed by atoms with Crippen LogP contribution in [-0.2, 0) is 17.8 Å². The Bertz CT molecular complexity index is 612. The fraction of sp³-hybridized carbons (Fsp3) is 0.667. The van der Waals surface area contributed by atoms with E-state index in [1.54, 1.807) is 4.57 Å². The zero-order chi connectivity index (χ0) is 16.3. The van der Waals surface area contributed by atoms with Crippen LogP contribution in [0.25, 0.3) is 0 Å². The quantitative estimate of drug-likeness (QED) is 0.800. The maximum absolute atomic E-state index is 12.5. The van der Waals surface area contributed by atoms with Gasteiger partial charge in [-0.2, -0.15) is 0 Å². The van der Waals surface area contributed by atoms with Crippen LogP contribution in [0.5, 0.6) is 0 Å². The van der Waals surface area contributed by atoms with E-state index >= 15 is 0 Å². The number of nitrogens with one attached hydrogen (secondary N) is 1. The Morgan fingerprint density at radius 3 is 2.86 bits per heavy atom. The van der Waals surface area contributed by atoms with E-state index < -0.39 is 0 Å². The normalized spacial score (nSPS) is 17.4. The first-order valence-electron chi connectivity index (χ1n) is 7.59. The molecule has 1 N–H and O–H groups in total. The van der Waals surface area contributed by atoms with Crippen LogP contribution in [-0.4, -0.2) is 53.3 Å². The largest absolute Gasteiger partial charge is 0.354 e. The summed E-state index contributed by atoms with van der Waals surface area (Å²) in [5.41, 5.74) is 1.56. The van der Waals surface area contributed by atoms with Crippen molar-refractivity contribution in [3.05, 3.63) is 21.6 Å². The Kier molecular flexibility index (Phi) is 5.63. The molecule has 1 atom stereocenters. The number of nitrogens with zero attached hydrogens (tertiary/aromatic N) is 3. The van der Waals surface area contributed by atoms with Gasteiger partial charge in [0.15, 0.2) is 5.16 Å². The smallest absolute Gasteiger partial charge is 0.257 e. The van der Waals surface area contributed by atoms with Gasteiger partial charge in [0.2, 0.25) is 5.91 Å². The van der Waals surface area contributed by atoms with Gasteiger partial charge in [0, 0.05) is 36.6 Å². The van der Waals surface area contributed by atoms with Gasteiger partial charge in [0.05, 0.1) is 5.92 Å². The average molecular weight is 324 g/mol. The van der Waals surface area contributed by atoms with E-state index in [9.17, 15) is 9.59 Å². The van der Waals surface area contributed by atoms with E-state index in [-0.39, 0.29) is 17.4 Å². The minimum Gasteiger partial charge on any atom is -0.354 e. The van der Waals surface area contributed by atoms with Crippen molar-refractivity contribution in [3.63, 3.8) is 0 Å². The highest BCUT2D eigenvalue weighted by Crippen LogP contribution is 2.25. The number of carbonyl (C=O) groups excluding carboxylic acids is 1. The predicted molar refractivity (Wildman–Crippen MR) is 88.4 cm³/mol. The number of rotatable bonds is 5. The topological polar surface area (TPSA) is 67.2 Å². The molecule has 0 aliphatic carbocycles. The van der Waals surface area contributed by atoms with Crippen LogP contribution in [0.2, 0.25) is 0 Å². The first-order valence-corrected chi connectivity index (χ1v) is 8.58. The lowest BCUT2D eigenvalue weighted by Gasteiger charge is -2.25. The van der Waals surface area contributed by atoms with Crippen molar-refractivity contribution in [2.45, 2.75) is 32.0 Å². The molecule has 0 saturated heterocycles. The molecular weight excluding hydrogens is 300 g/mol. The van der Waals surface area contributed by atoms with Crippen LogP contribution in [0.4, 0.5) is 0 Å². The van der Waals surface area contributed by atoms with E-state index in [1.807, 2.05) is 32.8 Å². The molecule has 1 aliphatic rings. The van der Waals surface area contributed by atoms with Crippen LogP contribution in [0.3, 0.4) is 0 Å². The van der Waals surface area contributed by atoms with Gasteiger partial charge in [0.1, 0.15) is 0 Å². The highest BCUT2D eigenvalue weighted by atomic mass is 32.2. The van der Waals surface area contributed by atoms with E-state index in [1.165, 1.54) is 11.8 Å². The molecule has 1 aromatic rings. The molecule has 1 aromatic heterocycles. The van der Waals surface area contributed by atoms with Crippen LogP contribution < -0.4 is 10.9 Å². The van der Waals surface area contributed by atoms with Crippen LogP contribution in [0, 0.1) is 12.8 Å². The molecule has 0 radical (unpaired) electrons. The van der Waals surface area contributed by atoms with Crippen molar-refractivity contribution in [1.82, 2.24) is 19.8 Å². The molecule has 122 valence electrons. The van der Waals surface area contributed by atoms with E-state index in [0.29, 0.717) is 25.3 Å². The molecule has 2 rings (SSSR count). The second-order valence-electron chi connectivity index (χ2n) is 5.83. The number of amides is 1. The summed E-state index contributed by atoms with van der Waals surface area (Å²) in [6.45, 7) is 5.70. The van der Waals surface area contributed by atoms with Crippen molar-refractivity contribution >= 4 is 17.7 Å². The van der Waals surface area contributed by atoms with Gasteiger partial charge in [-0.25, -0.2) is 4.98 Å². The molecule has 1 amide bonds. The third-order valence-electron chi connectivity index (χ3n) is 3.83. The number of hydrogen-bond donors (Lipinski definition) is 1. The van der Waals surface area contributed by atoms with Gasteiger partial charge in [-0.05, 0) is 27.4 Å². The maximum Gasteiger partial charge on any atom is 0.257 e. The number of aromatic nitrogens is 2. The van der Waals surface area contributed by atoms with Crippen molar-refractivity contribution in [2.75, 3.05) is 32.9 Å². The molecule has 0 saturated carbocycles. The zero-order valence-electron chi connectivity index (χ0n) is 13.7. The molecule has 0 aromatic carbocycles. The number of likely N-dealkylation sites (N-methyl/N-ethyl adjacent to an activating group) is 1. The molecule has 0 fully saturated rings. The lowest BCUT2D eigenvalue weighted by Crippen LogP contribution is -2.42. The third-order valence-corrected chi connectivity index (χ3v) is 4.97. The van der Waals surface area contributed by atoms with Gasteiger partial charge in [-0.1, -0.05) is 18.7 Å². The van der Waals surface area contributed by atoms with Crippen LogP contribution in [0.1, 0.15) is 18.2 Å². The van der Waals surface area contributed by atoms with Gasteiger partial charge in [-0.15, -0.1) is 0 Å². The summed E-state index contributed by atoms with van der Waals surface area (Å²) in [5.74, 6) is 0.516. The SMILES string of the molecule is CCc1c(C)nc2n(c1=O)CC(C(=O)NCCN(C)C)CS2. The number of fused-ring (bicyclic) bond motifs is 1. The van der Waals surface area contributed by atoms with Crippen molar-refractivity contribution in [2.24, 2.45) is 5.92 Å². The number of thioether (sulfide) groups is 1. The Morgan fingerprint density at radius 1 is 1.50 bits per heavy atom.